The molecule has 0 atom stereocenters. The maximum atomic E-state index is 9.90. The van der Waals surface area contributed by atoms with Crippen molar-refractivity contribution in [3.05, 3.63) is 23.8 Å². The highest BCUT2D eigenvalue weighted by atomic mass is 16.5. The zero-order valence-corrected chi connectivity index (χ0v) is 8.11. The molecule has 0 saturated heterocycles. The van der Waals surface area contributed by atoms with Gasteiger partial charge >= 0.3 is 0 Å². The lowest BCUT2D eigenvalue weighted by atomic mass is 9.61. The summed E-state index contributed by atoms with van der Waals surface area (Å²) in [5, 5.41) is 13.3. The maximum Gasteiger partial charge on any atom is 0.175 e. The lowest BCUT2D eigenvalue weighted by molar-refractivity contribution is 0.218. The van der Waals surface area contributed by atoms with E-state index in [-0.39, 0.29) is 0 Å². The normalized spacial score (nSPS) is 12.1. The molecule has 70 valence electrons. The minimum atomic E-state index is -0.945. The van der Waals surface area contributed by atoms with Crippen molar-refractivity contribution in [2.24, 2.45) is 0 Å². The SMILES string of the molecule is BC(B)(O)c1cccc2onc(N)c12. The number of benzene rings is 1. The first-order valence-corrected chi connectivity index (χ1v) is 4.37. The van der Waals surface area contributed by atoms with Crippen LogP contribution in [0, 0.1) is 0 Å². The first kappa shape index (κ1) is 9.15. The molecule has 0 unspecified atom stereocenters. The Kier molecular flexibility index (Phi) is 1.82. The Labute approximate surface area is 82.9 Å². The van der Waals surface area contributed by atoms with Gasteiger partial charge in [0.05, 0.1) is 5.39 Å². The minimum absolute atomic E-state index is 0.317. The quantitative estimate of drug-likeness (QED) is 0.550. The maximum absolute atomic E-state index is 9.90. The first-order chi connectivity index (χ1) is 6.50. The third-order valence-corrected chi connectivity index (χ3v) is 2.18. The van der Waals surface area contributed by atoms with Crippen LogP contribution in [0.5, 0.6) is 0 Å². The molecule has 1 heterocycles. The van der Waals surface area contributed by atoms with Gasteiger partial charge in [0.1, 0.15) is 15.7 Å². The van der Waals surface area contributed by atoms with Gasteiger partial charge in [-0.15, -0.1) is 0 Å². The van der Waals surface area contributed by atoms with Crippen LogP contribution in [0.4, 0.5) is 5.82 Å². The standard InChI is InChI=1S/C8H10B2N2O2/c9-8(10,13)4-2-1-3-5-6(4)7(11)12-14-5/h1-3,13H,9-10H2,(H2,11,12). The van der Waals surface area contributed by atoms with Crippen molar-refractivity contribution in [1.82, 2.24) is 5.16 Å². The van der Waals surface area contributed by atoms with Crippen LogP contribution in [0.2, 0.25) is 0 Å². The molecule has 1 aromatic carbocycles. The second-order valence-corrected chi connectivity index (χ2v) is 3.81. The third kappa shape index (κ3) is 1.28. The Hall–Kier alpha value is -1.42. The van der Waals surface area contributed by atoms with Crippen LogP contribution in [-0.4, -0.2) is 26.0 Å². The van der Waals surface area contributed by atoms with E-state index < -0.39 is 5.40 Å². The van der Waals surface area contributed by atoms with Gasteiger partial charge in [0.25, 0.3) is 0 Å². The van der Waals surface area contributed by atoms with E-state index in [2.05, 4.69) is 5.16 Å². The highest BCUT2D eigenvalue weighted by molar-refractivity contribution is 6.39. The van der Waals surface area contributed by atoms with Gasteiger partial charge in [-0.2, -0.15) is 0 Å². The molecule has 0 aliphatic heterocycles. The van der Waals surface area contributed by atoms with Crippen LogP contribution in [-0.2, 0) is 5.40 Å². The van der Waals surface area contributed by atoms with Crippen LogP contribution in [0.3, 0.4) is 0 Å². The summed E-state index contributed by atoms with van der Waals surface area (Å²) in [6.45, 7) is 0. The molecule has 0 radical (unpaired) electrons. The number of fused-ring (bicyclic) bond motifs is 1. The Morgan fingerprint density at radius 3 is 2.79 bits per heavy atom. The lowest BCUT2D eigenvalue weighted by Crippen LogP contribution is -2.26. The van der Waals surface area contributed by atoms with Crippen molar-refractivity contribution >= 4 is 32.5 Å². The monoisotopic (exact) mass is 188 g/mol. The van der Waals surface area contributed by atoms with Crippen LogP contribution in [0.15, 0.2) is 22.7 Å². The molecule has 0 fully saturated rings. The van der Waals surface area contributed by atoms with Crippen LogP contribution in [0.1, 0.15) is 5.56 Å². The fraction of sp³-hybridized carbons (Fsp3) is 0.125. The molecule has 0 amide bonds. The molecule has 0 aliphatic carbocycles. The largest absolute Gasteiger partial charge is 0.403 e. The molecule has 2 rings (SSSR count). The van der Waals surface area contributed by atoms with E-state index in [0.717, 1.165) is 5.56 Å². The Morgan fingerprint density at radius 1 is 1.43 bits per heavy atom. The number of nitrogen functional groups attached to an aromatic ring is 1. The lowest BCUT2D eigenvalue weighted by Gasteiger charge is -2.18. The van der Waals surface area contributed by atoms with Crippen molar-refractivity contribution < 1.29 is 9.63 Å². The summed E-state index contributed by atoms with van der Waals surface area (Å²) >= 11 is 0. The van der Waals surface area contributed by atoms with Gasteiger partial charge in [0.15, 0.2) is 11.4 Å². The summed E-state index contributed by atoms with van der Waals surface area (Å²) in [6.07, 6.45) is 0. The zero-order chi connectivity index (χ0) is 10.3. The minimum Gasteiger partial charge on any atom is -0.403 e. The van der Waals surface area contributed by atoms with Crippen molar-refractivity contribution in [3.8, 4) is 0 Å². The number of nitrogens with two attached hydrogens (primary N) is 1. The molecule has 0 bridgehead atoms. The fourth-order valence-corrected chi connectivity index (χ4v) is 1.53. The van der Waals surface area contributed by atoms with E-state index in [1.807, 2.05) is 6.07 Å². The highest BCUT2D eigenvalue weighted by Crippen LogP contribution is 2.29. The van der Waals surface area contributed by atoms with Crippen molar-refractivity contribution in [1.29, 1.82) is 0 Å². The summed E-state index contributed by atoms with van der Waals surface area (Å²) in [7, 11) is 3.41. The predicted octanol–water partition coefficient (Wildman–Crippen LogP) is -1.22. The van der Waals surface area contributed by atoms with Gasteiger partial charge in [-0.3, -0.25) is 0 Å². The van der Waals surface area contributed by atoms with Crippen LogP contribution in [0.25, 0.3) is 11.0 Å². The van der Waals surface area contributed by atoms with E-state index in [0.29, 0.717) is 16.8 Å². The molecule has 4 nitrogen and oxygen atoms in total. The number of anilines is 1. The molecule has 1 aromatic heterocycles. The molecule has 0 saturated carbocycles. The van der Waals surface area contributed by atoms with Gasteiger partial charge in [0.2, 0.25) is 0 Å². The molecular formula is C8H10B2N2O2. The first-order valence-electron chi connectivity index (χ1n) is 4.37. The zero-order valence-electron chi connectivity index (χ0n) is 8.11. The Balaban J connectivity index is 2.82. The average Bonchev–Trinajstić information content (AvgIpc) is 2.46. The molecule has 0 aliphatic rings. The summed E-state index contributed by atoms with van der Waals surface area (Å²) in [5.74, 6) is 0.317. The van der Waals surface area contributed by atoms with E-state index in [9.17, 15) is 5.11 Å². The number of hydrogen-bond donors (Lipinski definition) is 2. The van der Waals surface area contributed by atoms with E-state index in [1.165, 1.54) is 0 Å². The number of rotatable bonds is 1. The second kappa shape index (κ2) is 2.78. The van der Waals surface area contributed by atoms with Crippen LogP contribution < -0.4 is 5.73 Å². The summed E-state index contributed by atoms with van der Waals surface area (Å²) in [4.78, 5) is 0. The van der Waals surface area contributed by atoms with E-state index in [4.69, 9.17) is 10.3 Å². The molecule has 0 spiro atoms. The summed E-state index contributed by atoms with van der Waals surface area (Å²) in [6, 6.07) is 5.39. The van der Waals surface area contributed by atoms with Crippen molar-refractivity contribution in [3.63, 3.8) is 0 Å². The average molecular weight is 188 g/mol. The summed E-state index contributed by atoms with van der Waals surface area (Å²) in [5.41, 5.74) is 6.99. The summed E-state index contributed by atoms with van der Waals surface area (Å²) < 4.78 is 5.00. The number of nitrogens with zero attached hydrogens (tertiary/aromatic N) is 1. The Bertz CT molecular complexity index is 476. The third-order valence-electron chi connectivity index (χ3n) is 2.18. The smallest absolute Gasteiger partial charge is 0.175 e. The van der Waals surface area contributed by atoms with Gasteiger partial charge < -0.3 is 15.4 Å². The fourth-order valence-electron chi connectivity index (χ4n) is 1.53. The van der Waals surface area contributed by atoms with Crippen molar-refractivity contribution in [2.45, 2.75) is 5.40 Å². The predicted molar refractivity (Wildman–Crippen MR) is 59.4 cm³/mol. The molecule has 14 heavy (non-hydrogen) atoms. The second-order valence-electron chi connectivity index (χ2n) is 3.81. The van der Waals surface area contributed by atoms with Crippen molar-refractivity contribution in [2.75, 3.05) is 5.73 Å². The van der Waals surface area contributed by atoms with Gasteiger partial charge in [-0.1, -0.05) is 17.3 Å². The van der Waals surface area contributed by atoms with Gasteiger partial charge in [-0.05, 0) is 11.6 Å². The Morgan fingerprint density at radius 2 is 2.14 bits per heavy atom. The molecular weight excluding hydrogens is 178 g/mol. The van der Waals surface area contributed by atoms with Gasteiger partial charge in [-0.25, -0.2) is 0 Å². The van der Waals surface area contributed by atoms with Gasteiger partial charge in [0, 0.05) is 5.40 Å². The number of aromatic nitrogens is 1. The highest BCUT2D eigenvalue weighted by Gasteiger charge is 2.21. The van der Waals surface area contributed by atoms with Crippen LogP contribution >= 0.6 is 0 Å². The number of aliphatic hydroxyl groups is 1. The van der Waals surface area contributed by atoms with E-state index >= 15 is 0 Å². The molecule has 3 N–H and O–H groups in total. The number of hydrogen-bond acceptors (Lipinski definition) is 4. The molecule has 2 aromatic rings. The van der Waals surface area contributed by atoms with E-state index in [1.54, 1.807) is 27.8 Å². The topological polar surface area (TPSA) is 72.3 Å². The molecule has 6 heteroatoms.